The zero-order chi connectivity index (χ0) is 20.4. The fourth-order valence-electron chi connectivity index (χ4n) is 3.74. The second kappa shape index (κ2) is 8.09. The number of halogens is 1. The summed E-state index contributed by atoms with van der Waals surface area (Å²) in [4.78, 5) is 15.1. The lowest BCUT2D eigenvalue weighted by Crippen LogP contribution is -2.44. The zero-order valence-corrected chi connectivity index (χ0v) is 17.0. The van der Waals surface area contributed by atoms with Crippen molar-refractivity contribution in [2.45, 2.75) is 12.6 Å². The first-order chi connectivity index (χ1) is 14.1. The minimum Gasteiger partial charge on any atom is -0.497 e. The number of rotatable bonds is 4. The fourth-order valence-corrected chi connectivity index (χ4v) is 3.93. The molecule has 6 nitrogen and oxygen atoms in total. The number of nitrogens with zero attached hydrogens (tertiary/aromatic N) is 2. The van der Waals surface area contributed by atoms with Crippen molar-refractivity contribution in [1.29, 1.82) is 0 Å². The molecule has 0 saturated heterocycles. The highest BCUT2D eigenvalue weighted by Crippen LogP contribution is 2.39. The third-order valence-corrected chi connectivity index (χ3v) is 5.34. The number of methoxy groups -OCH3 is 2. The van der Waals surface area contributed by atoms with Crippen molar-refractivity contribution in [3.05, 3.63) is 77.1 Å². The molecule has 1 N–H and O–H groups in total. The summed E-state index contributed by atoms with van der Waals surface area (Å²) in [6, 6.07) is 16.3. The molecule has 1 unspecified atom stereocenters. The lowest BCUT2D eigenvalue weighted by molar-refractivity contribution is 0.180. The number of carbonyl (C=O) groups is 1. The van der Waals surface area contributed by atoms with Gasteiger partial charge in [0.05, 0.1) is 14.2 Å². The molecule has 7 heteroatoms. The van der Waals surface area contributed by atoms with Gasteiger partial charge < -0.3 is 24.3 Å². The molecule has 29 heavy (non-hydrogen) atoms. The zero-order valence-electron chi connectivity index (χ0n) is 16.3. The largest absolute Gasteiger partial charge is 0.497 e. The average Bonchev–Trinajstić information content (AvgIpc) is 3.21. The summed E-state index contributed by atoms with van der Waals surface area (Å²) >= 11 is 6.07. The van der Waals surface area contributed by atoms with Gasteiger partial charge in [0.1, 0.15) is 17.5 Å². The molecule has 3 aromatic rings. The van der Waals surface area contributed by atoms with Gasteiger partial charge in [-0.15, -0.1) is 0 Å². The van der Waals surface area contributed by atoms with Crippen molar-refractivity contribution >= 4 is 23.3 Å². The SMILES string of the molecule is COc1ccc(OC)c(C2c3cccn3CCN2C(=O)Nc2cccc(Cl)c2)c1. The van der Waals surface area contributed by atoms with Gasteiger partial charge in [0.15, 0.2) is 0 Å². The molecule has 2 amide bonds. The summed E-state index contributed by atoms with van der Waals surface area (Å²) in [5.41, 5.74) is 2.54. The summed E-state index contributed by atoms with van der Waals surface area (Å²) < 4.78 is 13.2. The van der Waals surface area contributed by atoms with Gasteiger partial charge in [-0.05, 0) is 48.5 Å². The Kier molecular flexibility index (Phi) is 5.36. The van der Waals surface area contributed by atoms with E-state index in [0.29, 0.717) is 35.3 Å². The molecular formula is C22H22ClN3O3. The van der Waals surface area contributed by atoms with E-state index in [0.717, 1.165) is 11.3 Å². The van der Waals surface area contributed by atoms with Crippen LogP contribution in [0.15, 0.2) is 60.8 Å². The van der Waals surface area contributed by atoms with Gasteiger partial charge >= 0.3 is 6.03 Å². The Hall–Kier alpha value is -3.12. The first kappa shape index (κ1) is 19.2. The standard InChI is InChI=1S/C22H22ClN3O3/c1-28-17-8-9-20(29-2)18(14-17)21-19-7-4-10-25(19)11-12-26(21)22(27)24-16-6-3-5-15(23)13-16/h3-10,13-14,21H,11-12H2,1-2H3,(H,24,27). The summed E-state index contributed by atoms with van der Waals surface area (Å²) in [7, 11) is 3.25. The van der Waals surface area contributed by atoms with E-state index in [1.54, 1.807) is 26.4 Å². The number of amides is 2. The molecule has 1 atom stereocenters. The van der Waals surface area contributed by atoms with Crippen LogP contribution in [0.25, 0.3) is 0 Å². The van der Waals surface area contributed by atoms with E-state index in [9.17, 15) is 4.79 Å². The van der Waals surface area contributed by atoms with Gasteiger partial charge in [0, 0.05) is 41.3 Å². The number of hydrogen-bond acceptors (Lipinski definition) is 3. The molecule has 0 bridgehead atoms. The van der Waals surface area contributed by atoms with Crippen LogP contribution in [0.5, 0.6) is 11.5 Å². The van der Waals surface area contributed by atoms with Crippen LogP contribution in [-0.4, -0.2) is 36.3 Å². The Morgan fingerprint density at radius 3 is 2.69 bits per heavy atom. The van der Waals surface area contributed by atoms with Crippen molar-refractivity contribution in [3.8, 4) is 11.5 Å². The average molecular weight is 412 g/mol. The van der Waals surface area contributed by atoms with Crippen LogP contribution in [0.3, 0.4) is 0 Å². The molecule has 150 valence electrons. The van der Waals surface area contributed by atoms with Crippen LogP contribution in [0.1, 0.15) is 17.3 Å². The van der Waals surface area contributed by atoms with Gasteiger partial charge in [0.25, 0.3) is 0 Å². The number of carbonyl (C=O) groups excluding carboxylic acids is 1. The number of nitrogens with one attached hydrogen (secondary N) is 1. The lowest BCUT2D eigenvalue weighted by atomic mass is 9.98. The van der Waals surface area contributed by atoms with Crippen LogP contribution < -0.4 is 14.8 Å². The summed E-state index contributed by atoms with van der Waals surface area (Å²) in [6.45, 7) is 1.27. The number of anilines is 1. The van der Waals surface area contributed by atoms with Crippen LogP contribution >= 0.6 is 11.6 Å². The minimum atomic E-state index is -0.317. The second-order valence-corrected chi connectivity index (χ2v) is 7.21. The van der Waals surface area contributed by atoms with Crippen LogP contribution in [0, 0.1) is 0 Å². The Morgan fingerprint density at radius 1 is 1.07 bits per heavy atom. The number of benzene rings is 2. The van der Waals surface area contributed by atoms with E-state index in [2.05, 4.69) is 9.88 Å². The molecule has 4 rings (SSSR count). The maximum atomic E-state index is 13.2. The van der Waals surface area contributed by atoms with Gasteiger partial charge in [0.2, 0.25) is 0 Å². The smallest absolute Gasteiger partial charge is 0.322 e. The molecule has 0 aliphatic carbocycles. The third-order valence-electron chi connectivity index (χ3n) is 5.11. The predicted molar refractivity (Wildman–Crippen MR) is 113 cm³/mol. The third kappa shape index (κ3) is 3.76. The Labute approximate surface area is 174 Å². The van der Waals surface area contributed by atoms with E-state index in [1.165, 1.54) is 0 Å². The molecule has 1 aromatic heterocycles. The van der Waals surface area contributed by atoms with E-state index < -0.39 is 0 Å². The van der Waals surface area contributed by atoms with E-state index in [1.807, 2.05) is 53.6 Å². The molecule has 2 heterocycles. The van der Waals surface area contributed by atoms with Crippen molar-refractivity contribution in [1.82, 2.24) is 9.47 Å². The first-order valence-electron chi connectivity index (χ1n) is 9.31. The van der Waals surface area contributed by atoms with Crippen molar-refractivity contribution in [3.63, 3.8) is 0 Å². The highest BCUT2D eigenvalue weighted by atomic mass is 35.5. The van der Waals surface area contributed by atoms with Crippen LogP contribution in [0.2, 0.25) is 5.02 Å². The highest BCUT2D eigenvalue weighted by Gasteiger charge is 2.34. The number of hydrogen-bond donors (Lipinski definition) is 1. The molecule has 0 radical (unpaired) electrons. The van der Waals surface area contributed by atoms with E-state index in [-0.39, 0.29) is 12.1 Å². The molecule has 0 spiro atoms. The highest BCUT2D eigenvalue weighted by molar-refractivity contribution is 6.30. The Morgan fingerprint density at radius 2 is 1.93 bits per heavy atom. The van der Waals surface area contributed by atoms with Gasteiger partial charge in [-0.2, -0.15) is 0 Å². The van der Waals surface area contributed by atoms with Crippen LogP contribution in [-0.2, 0) is 6.54 Å². The molecular weight excluding hydrogens is 390 g/mol. The van der Waals surface area contributed by atoms with Gasteiger partial charge in [-0.1, -0.05) is 17.7 Å². The maximum Gasteiger partial charge on any atom is 0.322 e. The lowest BCUT2D eigenvalue weighted by Gasteiger charge is -2.37. The number of ether oxygens (including phenoxy) is 2. The molecule has 0 fully saturated rings. The Balaban J connectivity index is 1.75. The first-order valence-corrected chi connectivity index (χ1v) is 9.68. The molecule has 1 aliphatic rings. The second-order valence-electron chi connectivity index (χ2n) is 6.77. The molecule has 0 saturated carbocycles. The fraction of sp³-hybridized carbons (Fsp3) is 0.227. The number of aromatic nitrogens is 1. The Bertz CT molecular complexity index is 1030. The van der Waals surface area contributed by atoms with E-state index >= 15 is 0 Å². The van der Waals surface area contributed by atoms with E-state index in [4.69, 9.17) is 21.1 Å². The van der Waals surface area contributed by atoms with Crippen LogP contribution in [0.4, 0.5) is 10.5 Å². The monoisotopic (exact) mass is 411 g/mol. The topological polar surface area (TPSA) is 55.7 Å². The summed E-state index contributed by atoms with van der Waals surface area (Å²) in [5.74, 6) is 1.41. The predicted octanol–water partition coefficient (Wildman–Crippen LogP) is 4.80. The quantitative estimate of drug-likeness (QED) is 0.671. The van der Waals surface area contributed by atoms with Gasteiger partial charge in [-0.25, -0.2) is 4.79 Å². The summed E-state index contributed by atoms with van der Waals surface area (Å²) in [6.07, 6.45) is 2.03. The number of urea groups is 1. The maximum absolute atomic E-state index is 13.2. The summed E-state index contributed by atoms with van der Waals surface area (Å²) in [5, 5.41) is 3.53. The molecule has 1 aliphatic heterocycles. The number of fused-ring (bicyclic) bond motifs is 1. The van der Waals surface area contributed by atoms with Crippen molar-refractivity contribution < 1.29 is 14.3 Å². The minimum absolute atomic E-state index is 0.199. The van der Waals surface area contributed by atoms with Crippen molar-refractivity contribution in [2.75, 3.05) is 26.1 Å². The molecule has 2 aromatic carbocycles. The van der Waals surface area contributed by atoms with Crippen molar-refractivity contribution in [2.24, 2.45) is 0 Å². The van der Waals surface area contributed by atoms with Gasteiger partial charge in [-0.3, -0.25) is 0 Å². The normalized spacial score (nSPS) is 15.6.